The largest absolute Gasteiger partial charge is 0.492 e. The lowest BCUT2D eigenvalue weighted by Crippen LogP contribution is -2.46. The summed E-state index contributed by atoms with van der Waals surface area (Å²) in [6.07, 6.45) is 4.24. The van der Waals surface area contributed by atoms with Crippen LogP contribution in [0.1, 0.15) is 26.7 Å². The molecule has 0 radical (unpaired) electrons. The molecule has 0 atom stereocenters. The SMILES string of the molecule is COc1ccc(-c2nc(CSc3ccncc3)oc2-c2ccc(OCCN(C(=O)O)C(C)(C)C)cc2)cn1. The topological polar surface area (TPSA) is 111 Å². The van der Waals surface area contributed by atoms with Gasteiger partial charge in [0.25, 0.3) is 0 Å². The predicted molar refractivity (Wildman–Crippen MR) is 145 cm³/mol. The van der Waals surface area contributed by atoms with E-state index in [0.717, 1.165) is 16.0 Å². The fourth-order valence-corrected chi connectivity index (χ4v) is 4.44. The number of carboxylic acid groups (broad SMARTS) is 1. The highest BCUT2D eigenvalue weighted by atomic mass is 32.2. The minimum atomic E-state index is -0.972. The van der Waals surface area contributed by atoms with Crippen LogP contribution in [0.15, 0.2) is 76.4 Å². The summed E-state index contributed by atoms with van der Waals surface area (Å²) in [7, 11) is 1.57. The number of amides is 1. The molecule has 0 bridgehead atoms. The highest BCUT2D eigenvalue weighted by Gasteiger charge is 2.25. The van der Waals surface area contributed by atoms with Gasteiger partial charge in [0.2, 0.25) is 11.8 Å². The van der Waals surface area contributed by atoms with Gasteiger partial charge in [-0.05, 0) is 63.2 Å². The van der Waals surface area contributed by atoms with Crippen molar-refractivity contribution in [1.82, 2.24) is 19.9 Å². The molecule has 0 unspecified atom stereocenters. The molecule has 0 spiro atoms. The van der Waals surface area contributed by atoms with Crippen molar-refractivity contribution in [2.24, 2.45) is 0 Å². The van der Waals surface area contributed by atoms with Crippen LogP contribution in [0.25, 0.3) is 22.6 Å². The van der Waals surface area contributed by atoms with Crippen LogP contribution < -0.4 is 9.47 Å². The number of hydrogen-bond donors (Lipinski definition) is 1. The quantitative estimate of drug-likeness (QED) is 0.236. The summed E-state index contributed by atoms with van der Waals surface area (Å²) >= 11 is 1.61. The second kappa shape index (κ2) is 12.0. The van der Waals surface area contributed by atoms with E-state index in [1.807, 2.05) is 63.2 Å². The van der Waals surface area contributed by atoms with Crippen molar-refractivity contribution < 1.29 is 23.8 Å². The zero-order valence-corrected chi connectivity index (χ0v) is 22.6. The van der Waals surface area contributed by atoms with Crippen molar-refractivity contribution in [3.63, 3.8) is 0 Å². The Hall–Kier alpha value is -4.05. The fourth-order valence-electron chi connectivity index (χ4n) is 3.71. The van der Waals surface area contributed by atoms with Crippen molar-refractivity contribution in [1.29, 1.82) is 0 Å². The smallest absolute Gasteiger partial charge is 0.407 e. The molecule has 38 heavy (non-hydrogen) atoms. The van der Waals surface area contributed by atoms with E-state index >= 15 is 0 Å². The summed E-state index contributed by atoms with van der Waals surface area (Å²) in [5.41, 5.74) is 1.81. The molecule has 10 heteroatoms. The zero-order chi connectivity index (χ0) is 27.1. The minimum absolute atomic E-state index is 0.240. The van der Waals surface area contributed by atoms with Crippen molar-refractivity contribution in [2.45, 2.75) is 37.0 Å². The summed E-state index contributed by atoms with van der Waals surface area (Å²) in [4.78, 5) is 27.1. The maximum atomic E-state index is 11.5. The summed E-state index contributed by atoms with van der Waals surface area (Å²) in [5.74, 6) is 2.91. The third kappa shape index (κ3) is 6.83. The molecule has 4 rings (SSSR count). The Morgan fingerprint density at radius 2 is 1.76 bits per heavy atom. The van der Waals surface area contributed by atoms with E-state index in [2.05, 4.69) is 9.97 Å². The number of oxazole rings is 1. The van der Waals surface area contributed by atoms with Gasteiger partial charge >= 0.3 is 6.09 Å². The van der Waals surface area contributed by atoms with Crippen molar-refractivity contribution in [3.05, 3.63) is 73.0 Å². The second-order valence-corrected chi connectivity index (χ2v) is 10.4. The van der Waals surface area contributed by atoms with Crippen LogP contribution in [0.2, 0.25) is 0 Å². The van der Waals surface area contributed by atoms with Crippen LogP contribution in [0.3, 0.4) is 0 Å². The lowest BCUT2D eigenvalue weighted by molar-refractivity contribution is 0.0892. The van der Waals surface area contributed by atoms with Gasteiger partial charge < -0.3 is 23.9 Å². The van der Waals surface area contributed by atoms with Gasteiger partial charge in [0.05, 0.1) is 19.4 Å². The number of nitrogens with zero attached hydrogens (tertiary/aromatic N) is 4. The first-order chi connectivity index (χ1) is 18.2. The molecule has 4 aromatic rings. The maximum Gasteiger partial charge on any atom is 0.407 e. The molecule has 0 aliphatic carbocycles. The van der Waals surface area contributed by atoms with E-state index < -0.39 is 11.6 Å². The van der Waals surface area contributed by atoms with Crippen molar-refractivity contribution >= 4 is 17.9 Å². The molecule has 0 aliphatic rings. The number of benzene rings is 1. The van der Waals surface area contributed by atoms with E-state index in [-0.39, 0.29) is 13.2 Å². The zero-order valence-electron chi connectivity index (χ0n) is 21.7. The average molecular weight is 535 g/mol. The van der Waals surface area contributed by atoms with Gasteiger partial charge in [0, 0.05) is 46.2 Å². The highest BCUT2D eigenvalue weighted by molar-refractivity contribution is 7.98. The van der Waals surface area contributed by atoms with Gasteiger partial charge in [-0.2, -0.15) is 0 Å². The molecule has 9 nitrogen and oxygen atoms in total. The van der Waals surface area contributed by atoms with E-state index in [4.69, 9.17) is 18.9 Å². The number of methoxy groups -OCH3 is 1. The predicted octanol–water partition coefficient (Wildman–Crippen LogP) is 6.26. The third-order valence-electron chi connectivity index (χ3n) is 5.64. The number of aromatic nitrogens is 3. The Kier molecular flexibility index (Phi) is 8.52. The molecular formula is C28H30N4O5S. The summed E-state index contributed by atoms with van der Waals surface area (Å²) in [6.45, 7) is 6.06. The Morgan fingerprint density at radius 3 is 2.37 bits per heavy atom. The van der Waals surface area contributed by atoms with Gasteiger partial charge in [-0.1, -0.05) is 0 Å². The van der Waals surface area contributed by atoms with Crippen LogP contribution >= 0.6 is 11.8 Å². The molecule has 1 N–H and O–H groups in total. The van der Waals surface area contributed by atoms with E-state index in [0.29, 0.717) is 34.7 Å². The number of thioether (sulfide) groups is 1. The Labute approximate surface area is 225 Å². The summed E-state index contributed by atoms with van der Waals surface area (Å²) < 4.78 is 17.2. The fraction of sp³-hybridized carbons (Fsp3) is 0.286. The third-order valence-corrected chi connectivity index (χ3v) is 6.64. The monoisotopic (exact) mass is 534 g/mol. The van der Waals surface area contributed by atoms with Crippen molar-refractivity contribution in [3.8, 4) is 34.2 Å². The maximum absolute atomic E-state index is 11.5. The van der Waals surface area contributed by atoms with Gasteiger partial charge in [0.1, 0.15) is 18.1 Å². The first-order valence-electron chi connectivity index (χ1n) is 12.0. The van der Waals surface area contributed by atoms with E-state index in [1.54, 1.807) is 43.5 Å². The molecule has 1 amide bonds. The standard InChI is InChI=1S/C28H30N4O5S/c1-28(2,3)32(27(33)34)15-16-36-21-8-5-19(6-9-21)26-25(20-7-10-23(35-4)30-17-20)31-24(37-26)18-38-22-11-13-29-14-12-22/h5-14,17H,15-16,18H2,1-4H3,(H,33,34). The lowest BCUT2D eigenvalue weighted by Gasteiger charge is -2.32. The molecule has 0 saturated carbocycles. The summed E-state index contributed by atoms with van der Waals surface area (Å²) in [6, 6.07) is 15.0. The Bertz CT molecular complexity index is 1340. The Morgan fingerprint density at radius 1 is 1.05 bits per heavy atom. The first kappa shape index (κ1) is 27.0. The minimum Gasteiger partial charge on any atom is -0.492 e. The van der Waals surface area contributed by atoms with Crippen LogP contribution in [0.4, 0.5) is 4.79 Å². The van der Waals surface area contributed by atoms with Crippen molar-refractivity contribution in [2.75, 3.05) is 20.3 Å². The molecule has 0 fully saturated rings. The van der Waals surface area contributed by atoms with Gasteiger partial charge in [-0.25, -0.2) is 14.8 Å². The highest BCUT2D eigenvalue weighted by Crippen LogP contribution is 2.35. The van der Waals surface area contributed by atoms with Crippen LogP contribution in [-0.4, -0.2) is 56.9 Å². The lowest BCUT2D eigenvalue weighted by atomic mass is 10.1. The van der Waals surface area contributed by atoms with Gasteiger partial charge in [-0.15, -0.1) is 11.8 Å². The number of ether oxygens (including phenoxy) is 2. The Balaban J connectivity index is 1.53. The molecule has 0 aliphatic heterocycles. The number of rotatable bonds is 10. The molecule has 3 heterocycles. The van der Waals surface area contributed by atoms with Crippen LogP contribution in [0, 0.1) is 0 Å². The number of carbonyl (C=O) groups is 1. The van der Waals surface area contributed by atoms with E-state index in [9.17, 15) is 9.90 Å². The second-order valence-electron chi connectivity index (χ2n) is 9.32. The van der Waals surface area contributed by atoms with Crippen LogP contribution in [-0.2, 0) is 5.75 Å². The average Bonchev–Trinajstić information content (AvgIpc) is 3.34. The number of pyridine rings is 2. The molecule has 1 aromatic carbocycles. The first-order valence-corrected chi connectivity index (χ1v) is 13.0. The summed E-state index contributed by atoms with van der Waals surface area (Å²) in [5, 5.41) is 9.46. The van der Waals surface area contributed by atoms with Gasteiger partial charge in [0.15, 0.2) is 5.76 Å². The molecule has 0 saturated heterocycles. The molecule has 198 valence electrons. The molecular weight excluding hydrogens is 504 g/mol. The van der Waals surface area contributed by atoms with E-state index in [1.165, 1.54) is 4.90 Å². The van der Waals surface area contributed by atoms with Crippen LogP contribution in [0.5, 0.6) is 11.6 Å². The molecule has 3 aromatic heterocycles. The van der Waals surface area contributed by atoms with Gasteiger partial charge in [-0.3, -0.25) is 4.98 Å². The number of hydrogen-bond acceptors (Lipinski definition) is 8. The normalized spacial score (nSPS) is 11.3.